The van der Waals surface area contributed by atoms with Gasteiger partial charge in [-0.2, -0.15) is 0 Å². The third-order valence-electron chi connectivity index (χ3n) is 7.25. The second-order valence-corrected chi connectivity index (χ2v) is 11.8. The number of anilines is 1. The van der Waals surface area contributed by atoms with Gasteiger partial charge in [-0.3, -0.25) is 9.59 Å². The number of terminal acetylenes is 1. The molecule has 0 spiro atoms. The molecule has 0 bridgehead atoms. The Balaban J connectivity index is 2.56. The van der Waals surface area contributed by atoms with Gasteiger partial charge < -0.3 is 25.0 Å². The minimum absolute atomic E-state index is 0.211. The van der Waals surface area contributed by atoms with Crippen LogP contribution < -0.4 is 15.4 Å². The van der Waals surface area contributed by atoms with Crippen molar-refractivity contribution in [1.82, 2.24) is 10.2 Å². The van der Waals surface area contributed by atoms with Gasteiger partial charge >= 0.3 is 6.09 Å². The summed E-state index contributed by atoms with van der Waals surface area (Å²) in [6, 6.07) is 12.2. The maximum atomic E-state index is 14.5. The molecule has 0 aromatic heterocycles. The van der Waals surface area contributed by atoms with Crippen LogP contribution in [-0.2, 0) is 14.3 Å². The minimum atomic E-state index is -0.973. The lowest BCUT2D eigenvalue weighted by molar-refractivity contribution is -0.142. The molecule has 2 N–H and O–H groups in total. The maximum absolute atomic E-state index is 14.5. The van der Waals surface area contributed by atoms with E-state index < -0.39 is 23.8 Å². The van der Waals surface area contributed by atoms with E-state index in [0.29, 0.717) is 42.0 Å². The number of nitrogens with one attached hydrogen (secondary N) is 2. The van der Waals surface area contributed by atoms with Crippen molar-refractivity contribution in [3.8, 4) is 18.1 Å². The molecule has 0 aliphatic carbocycles. The van der Waals surface area contributed by atoms with E-state index >= 15 is 0 Å². The molecule has 0 fully saturated rings. The SMILES string of the molecule is C#Cc1ccc(C(C(=O)Nc2ccc(OC)cc2)N(CCCCCCC)C(=O)C(NC(=O)OC(C)(C)C)C(C)CC)cc1. The first kappa shape index (κ1) is 35.2. The van der Waals surface area contributed by atoms with Gasteiger partial charge in [-0.1, -0.05) is 70.9 Å². The second-order valence-electron chi connectivity index (χ2n) is 11.8. The van der Waals surface area contributed by atoms with Gasteiger partial charge in [-0.25, -0.2) is 4.79 Å². The number of alkyl carbamates (subject to hydrolysis) is 1. The van der Waals surface area contributed by atoms with Crippen molar-refractivity contribution in [3.63, 3.8) is 0 Å². The van der Waals surface area contributed by atoms with Gasteiger partial charge in [0, 0.05) is 17.8 Å². The maximum Gasteiger partial charge on any atom is 0.408 e. The van der Waals surface area contributed by atoms with Crippen LogP contribution in [0.5, 0.6) is 5.75 Å². The van der Waals surface area contributed by atoms with Crippen molar-refractivity contribution in [2.45, 2.75) is 97.8 Å². The highest BCUT2D eigenvalue weighted by atomic mass is 16.6. The van der Waals surface area contributed by atoms with Gasteiger partial charge in [0.15, 0.2) is 0 Å². The number of carbonyl (C=O) groups excluding carboxylic acids is 3. The van der Waals surface area contributed by atoms with Gasteiger partial charge in [0.2, 0.25) is 5.91 Å². The quantitative estimate of drug-likeness (QED) is 0.170. The first-order valence-electron chi connectivity index (χ1n) is 15.3. The second kappa shape index (κ2) is 17.2. The Morgan fingerprint density at radius 2 is 1.58 bits per heavy atom. The van der Waals surface area contributed by atoms with Crippen LogP contribution >= 0.6 is 0 Å². The van der Waals surface area contributed by atoms with Gasteiger partial charge in [-0.05, 0) is 75.1 Å². The molecule has 2 aromatic carbocycles. The van der Waals surface area contributed by atoms with E-state index in [4.69, 9.17) is 15.9 Å². The van der Waals surface area contributed by atoms with Gasteiger partial charge in [-0.15, -0.1) is 6.42 Å². The number of carbonyl (C=O) groups is 3. The summed E-state index contributed by atoms with van der Waals surface area (Å²) in [5.74, 6) is 2.34. The molecular weight excluding hydrogens is 542 g/mol. The number of ether oxygens (including phenoxy) is 2. The number of hydrogen-bond acceptors (Lipinski definition) is 5. The Hall–Kier alpha value is -3.99. The topological polar surface area (TPSA) is 97.0 Å². The van der Waals surface area contributed by atoms with Gasteiger partial charge in [0.05, 0.1) is 7.11 Å². The smallest absolute Gasteiger partial charge is 0.408 e. The van der Waals surface area contributed by atoms with Crippen LogP contribution in [0.4, 0.5) is 10.5 Å². The van der Waals surface area contributed by atoms with Crippen LogP contribution in [0.3, 0.4) is 0 Å². The number of hydrogen-bond donors (Lipinski definition) is 2. The van der Waals surface area contributed by atoms with E-state index in [1.807, 2.05) is 13.8 Å². The third kappa shape index (κ3) is 11.3. The van der Waals surface area contributed by atoms with E-state index in [9.17, 15) is 14.4 Å². The number of benzene rings is 2. The summed E-state index contributed by atoms with van der Waals surface area (Å²) < 4.78 is 10.8. The highest BCUT2D eigenvalue weighted by molar-refractivity contribution is 5.99. The van der Waals surface area contributed by atoms with Crippen LogP contribution in [0, 0.1) is 18.3 Å². The predicted molar refractivity (Wildman–Crippen MR) is 172 cm³/mol. The van der Waals surface area contributed by atoms with E-state index in [0.717, 1.165) is 25.7 Å². The van der Waals surface area contributed by atoms with Gasteiger partial charge in [0.25, 0.3) is 5.91 Å². The molecule has 0 aliphatic rings. The van der Waals surface area contributed by atoms with Crippen LogP contribution in [0.1, 0.15) is 97.2 Å². The molecule has 0 saturated heterocycles. The van der Waals surface area contributed by atoms with Crippen molar-refractivity contribution in [2.24, 2.45) is 5.92 Å². The molecule has 43 heavy (non-hydrogen) atoms. The molecule has 3 unspecified atom stereocenters. The van der Waals surface area contributed by atoms with Crippen molar-refractivity contribution in [2.75, 3.05) is 19.0 Å². The molecule has 234 valence electrons. The number of rotatable bonds is 15. The molecule has 0 saturated carbocycles. The Kier molecular flexibility index (Phi) is 14.1. The molecule has 2 aromatic rings. The zero-order chi connectivity index (χ0) is 32.0. The number of methoxy groups -OCH3 is 1. The molecule has 2 rings (SSSR count). The Morgan fingerprint density at radius 3 is 2.12 bits per heavy atom. The lowest BCUT2D eigenvalue weighted by Gasteiger charge is -2.36. The largest absolute Gasteiger partial charge is 0.497 e. The minimum Gasteiger partial charge on any atom is -0.497 e. The molecule has 8 heteroatoms. The third-order valence-corrected chi connectivity index (χ3v) is 7.25. The fourth-order valence-corrected chi connectivity index (χ4v) is 4.67. The Labute approximate surface area is 257 Å². The van der Waals surface area contributed by atoms with E-state index in [-0.39, 0.29) is 17.7 Å². The molecular formula is C35H49N3O5. The molecule has 0 radical (unpaired) electrons. The molecule has 0 heterocycles. The number of unbranched alkanes of at least 4 members (excludes halogenated alkanes) is 4. The van der Waals surface area contributed by atoms with E-state index in [2.05, 4.69) is 23.5 Å². The summed E-state index contributed by atoms with van der Waals surface area (Å²) >= 11 is 0. The standard InChI is InChI=1S/C35H49N3O5/c1-9-12-13-14-15-24-38(33(40)30(25(4)10-2)37-34(41)43-35(5,6)7)31(27-18-16-26(11-3)17-19-27)32(39)36-28-20-22-29(42-8)23-21-28/h3,16-23,25,30-31H,9-10,12-15,24H2,1-2,4-8H3,(H,36,39)(H,37,41). The van der Waals surface area contributed by atoms with Crippen molar-refractivity contribution in [1.29, 1.82) is 0 Å². The highest BCUT2D eigenvalue weighted by Crippen LogP contribution is 2.28. The Morgan fingerprint density at radius 1 is 0.953 bits per heavy atom. The van der Waals surface area contributed by atoms with Crippen LogP contribution in [-0.4, -0.2) is 48.1 Å². The van der Waals surface area contributed by atoms with Crippen molar-refractivity contribution >= 4 is 23.6 Å². The summed E-state index contributed by atoms with van der Waals surface area (Å²) in [6.45, 7) is 11.7. The fourth-order valence-electron chi connectivity index (χ4n) is 4.67. The monoisotopic (exact) mass is 591 g/mol. The van der Waals surface area contributed by atoms with Crippen LogP contribution in [0.15, 0.2) is 48.5 Å². The molecule has 3 atom stereocenters. The van der Waals surface area contributed by atoms with E-state index in [1.54, 1.807) is 81.3 Å². The summed E-state index contributed by atoms with van der Waals surface area (Å²) in [6.07, 6.45) is 10.4. The molecule has 0 aliphatic heterocycles. The first-order chi connectivity index (χ1) is 20.4. The lowest BCUT2D eigenvalue weighted by Crippen LogP contribution is -2.55. The molecule has 8 nitrogen and oxygen atoms in total. The summed E-state index contributed by atoms with van der Waals surface area (Å²) in [4.78, 5) is 43.0. The summed E-state index contributed by atoms with van der Waals surface area (Å²) in [5.41, 5.74) is 1.12. The van der Waals surface area contributed by atoms with Crippen molar-refractivity contribution < 1.29 is 23.9 Å². The van der Waals surface area contributed by atoms with Crippen molar-refractivity contribution in [3.05, 3.63) is 59.7 Å². The average Bonchev–Trinajstić information content (AvgIpc) is 2.98. The fraction of sp³-hybridized carbons (Fsp3) is 0.514. The predicted octanol–water partition coefficient (Wildman–Crippen LogP) is 7.09. The van der Waals surface area contributed by atoms with Crippen LogP contribution in [0.25, 0.3) is 0 Å². The first-order valence-corrected chi connectivity index (χ1v) is 15.3. The molecule has 3 amide bonds. The van der Waals surface area contributed by atoms with Gasteiger partial charge in [0.1, 0.15) is 23.4 Å². The number of amides is 3. The van der Waals surface area contributed by atoms with E-state index in [1.165, 1.54) is 0 Å². The lowest BCUT2D eigenvalue weighted by atomic mass is 9.95. The zero-order valence-corrected chi connectivity index (χ0v) is 26.9. The summed E-state index contributed by atoms with van der Waals surface area (Å²) in [5, 5.41) is 5.80. The normalized spacial score (nSPS) is 13.2. The zero-order valence-electron chi connectivity index (χ0n) is 26.9. The summed E-state index contributed by atoms with van der Waals surface area (Å²) in [7, 11) is 1.58. The average molecular weight is 592 g/mol. The Bertz CT molecular complexity index is 1210. The van der Waals surface area contributed by atoms with Crippen LogP contribution in [0.2, 0.25) is 0 Å². The number of nitrogens with zero attached hydrogens (tertiary/aromatic N) is 1. The highest BCUT2D eigenvalue weighted by Gasteiger charge is 2.38.